The second kappa shape index (κ2) is 2.65. The van der Waals surface area contributed by atoms with Gasteiger partial charge in [-0.15, -0.1) is 0 Å². The third kappa shape index (κ3) is 1.94. The van der Waals surface area contributed by atoms with Crippen molar-refractivity contribution in [3.8, 4) is 0 Å². The maximum atomic E-state index is 12.6. The van der Waals surface area contributed by atoms with Gasteiger partial charge < -0.3 is 4.90 Å². The van der Waals surface area contributed by atoms with E-state index >= 15 is 0 Å². The molecule has 1 aliphatic rings. The predicted molar refractivity (Wildman–Crippen MR) is 36.2 cm³/mol. The van der Waals surface area contributed by atoms with Crippen LogP contribution in [-0.2, 0) is 0 Å². The van der Waals surface area contributed by atoms with Crippen LogP contribution in [-0.4, -0.2) is 31.2 Å². The van der Waals surface area contributed by atoms with E-state index in [1.54, 1.807) is 0 Å². The van der Waals surface area contributed by atoms with E-state index in [1.807, 2.05) is 7.05 Å². The minimum absolute atomic E-state index is 0.541. The predicted octanol–water partition coefficient (Wildman–Crippen LogP) is 1.30. The molecule has 1 fully saturated rings. The molecule has 1 nitrogen and oxygen atoms in total. The molecular weight excluding hydrogens is 117 g/mol. The Morgan fingerprint density at radius 2 is 2.11 bits per heavy atom. The van der Waals surface area contributed by atoms with Gasteiger partial charge in [0.2, 0.25) is 0 Å². The van der Waals surface area contributed by atoms with Crippen LogP contribution in [0.5, 0.6) is 0 Å². The van der Waals surface area contributed by atoms with Gasteiger partial charge in [0.1, 0.15) is 6.17 Å². The summed E-state index contributed by atoms with van der Waals surface area (Å²) < 4.78 is 12.6. The molecule has 0 aromatic carbocycles. The first-order valence-corrected chi connectivity index (χ1v) is 3.51. The number of piperidine rings is 1. The van der Waals surface area contributed by atoms with Gasteiger partial charge in [-0.1, -0.05) is 6.92 Å². The van der Waals surface area contributed by atoms with Crippen LogP contribution in [0.1, 0.15) is 13.3 Å². The molecule has 1 saturated heterocycles. The number of halogens is 1. The van der Waals surface area contributed by atoms with E-state index in [1.165, 1.54) is 0 Å². The van der Waals surface area contributed by atoms with Crippen molar-refractivity contribution in [3.05, 3.63) is 0 Å². The average molecular weight is 131 g/mol. The molecule has 54 valence electrons. The molecule has 0 aliphatic carbocycles. The van der Waals surface area contributed by atoms with E-state index in [2.05, 4.69) is 11.8 Å². The van der Waals surface area contributed by atoms with Gasteiger partial charge in [0.15, 0.2) is 0 Å². The van der Waals surface area contributed by atoms with Gasteiger partial charge in [0.25, 0.3) is 0 Å². The van der Waals surface area contributed by atoms with Crippen molar-refractivity contribution in [2.24, 2.45) is 5.92 Å². The van der Waals surface area contributed by atoms with E-state index in [4.69, 9.17) is 0 Å². The van der Waals surface area contributed by atoms with Crippen molar-refractivity contribution in [3.63, 3.8) is 0 Å². The Bertz CT molecular complexity index is 69.9. The fourth-order valence-electron chi connectivity index (χ4n) is 1.53. The van der Waals surface area contributed by atoms with Crippen LogP contribution in [0.4, 0.5) is 4.39 Å². The van der Waals surface area contributed by atoms with Crippen molar-refractivity contribution in [2.75, 3.05) is 20.1 Å². The minimum atomic E-state index is -0.584. The summed E-state index contributed by atoms with van der Waals surface area (Å²) in [4.78, 5) is 2.05. The third-order valence-electron chi connectivity index (χ3n) is 1.79. The summed E-state index contributed by atoms with van der Waals surface area (Å²) in [6, 6.07) is 0. The van der Waals surface area contributed by atoms with E-state index in [0.717, 1.165) is 13.0 Å². The summed E-state index contributed by atoms with van der Waals surface area (Å²) in [5.74, 6) is 0.541. The molecule has 1 rings (SSSR count). The number of nitrogens with zero attached hydrogens (tertiary/aromatic N) is 1. The second-order valence-corrected chi connectivity index (χ2v) is 3.16. The van der Waals surface area contributed by atoms with Crippen LogP contribution < -0.4 is 0 Å². The van der Waals surface area contributed by atoms with E-state index in [0.29, 0.717) is 12.5 Å². The molecule has 0 N–H and O–H groups in total. The Hall–Kier alpha value is -0.110. The molecule has 2 atom stereocenters. The zero-order valence-corrected chi connectivity index (χ0v) is 6.10. The van der Waals surface area contributed by atoms with Crippen molar-refractivity contribution in [2.45, 2.75) is 19.5 Å². The van der Waals surface area contributed by atoms with E-state index < -0.39 is 6.17 Å². The van der Waals surface area contributed by atoms with E-state index in [9.17, 15) is 4.39 Å². The minimum Gasteiger partial charge on any atom is -0.303 e. The number of likely N-dealkylation sites (tertiary alicyclic amines) is 1. The maximum Gasteiger partial charge on any atom is 0.113 e. The van der Waals surface area contributed by atoms with Gasteiger partial charge in [-0.05, 0) is 19.4 Å². The third-order valence-corrected chi connectivity index (χ3v) is 1.79. The molecule has 0 bridgehead atoms. The molecule has 0 spiro atoms. The van der Waals surface area contributed by atoms with Crippen LogP contribution in [0, 0.1) is 5.92 Å². The van der Waals surface area contributed by atoms with Gasteiger partial charge >= 0.3 is 0 Å². The second-order valence-electron chi connectivity index (χ2n) is 3.16. The SMILES string of the molecule is CC1C[C@H](F)CN(C)C1. The van der Waals surface area contributed by atoms with Crippen LogP contribution in [0.15, 0.2) is 0 Å². The van der Waals surface area contributed by atoms with Gasteiger partial charge in [-0.25, -0.2) is 4.39 Å². The maximum absolute atomic E-state index is 12.6. The lowest BCUT2D eigenvalue weighted by atomic mass is 10.00. The lowest BCUT2D eigenvalue weighted by Crippen LogP contribution is -2.37. The zero-order valence-electron chi connectivity index (χ0n) is 6.10. The molecule has 1 unspecified atom stereocenters. The fourth-order valence-corrected chi connectivity index (χ4v) is 1.53. The van der Waals surface area contributed by atoms with Crippen molar-refractivity contribution >= 4 is 0 Å². The summed E-state index contributed by atoms with van der Waals surface area (Å²) in [6.45, 7) is 3.78. The van der Waals surface area contributed by atoms with E-state index in [-0.39, 0.29) is 0 Å². The molecule has 0 saturated carbocycles. The Balaban J connectivity index is 2.34. The topological polar surface area (TPSA) is 3.24 Å². The summed E-state index contributed by atoms with van der Waals surface area (Å²) in [5, 5.41) is 0. The van der Waals surface area contributed by atoms with Crippen molar-refractivity contribution in [1.29, 1.82) is 0 Å². The first-order chi connectivity index (χ1) is 4.18. The Morgan fingerprint density at radius 3 is 2.56 bits per heavy atom. The number of alkyl halides is 1. The Kier molecular flexibility index (Phi) is 2.06. The Labute approximate surface area is 55.8 Å². The number of rotatable bonds is 0. The van der Waals surface area contributed by atoms with Crippen LogP contribution in [0.3, 0.4) is 0 Å². The first-order valence-electron chi connectivity index (χ1n) is 3.51. The molecule has 0 aromatic heterocycles. The molecule has 1 heterocycles. The summed E-state index contributed by atoms with van der Waals surface area (Å²) in [7, 11) is 1.97. The molecule has 0 amide bonds. The fraction of sp³-hybridized carbons (Fsp3) is 1.00. The lowest BCUT2D eigenvalue weighted by Gasteiger charge is -2.29. The van der Waals surface area contributed by atoms with Gasteiger partial charge in [0, 0.05) is 13.1 Å². The summed E-state index contributed by atoms with van der Waals surface area (Å²) >= 11 is 0. The normalized spacial score (nSPS) is 39.0. The molecule has 0 aromatic rings. The quantitative estimate of drug-likeness (QED) is 0.479. The average Bonchev–Trinajstić information content (AvgIpc) is 1.59. The standard InChI is InChI=1S/C7H14FN/c1-6-3-7(8)5-9(2)4-6/h6-7H,3-5H2,1-2H3/t6?,7-/m0/s1. The number of hydrogen-bond acceptors (Lipinski definition) is 1. The largest absolute Gasteiger partial charge is 0.303 e. The first kappa shape index (κ1) is 7.00. The van der Waals surface area contributed by atoms with Crippen LogP contribution in [0.2, 0.25) is 0 Å². The molecule has 9 heavy (non-hydrogen) atoms. The zero-order chi connectivity index (χ0) is 6.85. The molecule has 1 aliphatic heterocycles. The molecule has 0 radical (unpaired) electrons. The summed E-state index contributed by atoms with van der Waals surface area (Å²) in [5.41, 5.74) is 0. The van der Waals surface area contributed by atoms with Gasteiger partial charge in [-0.2, -0.15) is 0 Å². The highest BCUT2D eigenvalue weighted by molar-refractivity contribution is 4.73. The van der Waals surface area contributed by atoms with Gasteiger partial charge in [-0.3, -0.25) is 0 Å². The molecular formula is C7H14FN. The monoisotopic (exact) mass is 131 g/mol. The highest BCUT2D eigenvalue weighted by Crippen LogP contribution is 2.16. The van der Waals surface area contributed by atoms with Crippen molar-refractivity contribution in [1.82, 2.24) is 4.90 Å². The summed E-state index contributed by atoms with van der Waals surface area (Å²) in [6.07, 6.45) is 0.170. The number of hydrogen-bond donors (Lipinski definition) is 0. The van der Waals surface area contributed by atoms with Crippen LogP contribution >= 0.6 is 0 Å². The highest BCUT2D eigenvalue weighted by atomic mass is 19.1. The smallest absolute Gasteiger partial charge is 0.113 e. The van der Waals surface area contributed by atoms with Gasteiger partial charge in [0.05, 0.1) is 0 Å². The molecule has 2 heteroatoms. The Morgan fingerprint density at radius 1 is 1.44 bits per heavy atom. The van der Waals surface area contributed by atoms with Crippen LogP contribution in [0.25, 0.3) is 0 Å². The lowest BCUT2D eigenvalue weighted by molar-refractivity contribution is 0.125. The highest BCUT2D eigenvalue weighted by Gasteiger charge is 2.20. The van der Waals surface area contributed by atoms with Crippen molar-refractivity contribution < 1.29 is 4.39 Å².